The first-order valence-corrected chi connectivity index (χ1v) is 8.88. The minimum absolute atomic E-state index is 0.146. The Balaban J connectivity index is 1.66. The number of ketones is 1. The lowest BCUT2D eigenvalue weighted by Crippen LogP contribution is -2.28. The van der Waals surface area contributed by atoms with Crippen molar-refractivity contribution in [2.45, 2.75) is 6.42 Å². The van der Waals surface area contributed by atoms with E-state index in [9.17, 15) is 9.59 Å². The number of fused-ring (bicyclic) bond motifs is 5. The molecule has 0 unspecified atom stereocenters. The van der Waals surface area contributed by atoms with E-state index < -0.39 is 0 Å². The van der Waals surface area contributed by atoms with Gasteiger partial charge in [0, 0.05) is 23.7 Å². The molecule has 142 valence electrons. The molecule has 5 rings (SSSR count). The van der Waals surface area contributed by atoms with Gasteiger partial charge in [-0.15, -0.1) is 0 Å². The number of amides is 1. The smallest absolute Gasteiger partial charge is 0.262 e. The maximum atomic E-state index is 13.1. The third-order valence-corrected chi connectivity index (χ3v) is 5.31. The second kappa shape index (κ2) is 6.02. The Bertz CT molecular complexity index is 1070. The highest BCUT2D eigenvalue weighted by Gasteiger charge is 2.38. The van der Waals surface area contributed by atoms with E-state index in [1.54, 1.807) is 23.1 Å². The zero-order chi connectivity index (χ0) is 19.4. The molecule has 0 fully saturated rings. The van der Waals surface area contributed by atoms with E-state index in [0.717, 1.165) is 5.56 Å². The minimum atomic E-state index is -0.200. The van der Waals surface area contributed by atoms with Crippen molar-refractivity contribution in [2.75, 3.05) is 27.6 Å². The predicted octanol–water partition coefficient (Wildman–Crippen LogP) is 2.67. The minimum Gasteiger partial charge on any atom is -0.493 e. The van der Waals surface area contributed by atoms with E-state index in [1.165, 1.54) is 20.3 Å². The maximum Gasteiger partial charge on any atom is 0.262 e. The average Bonchev–Trinajstić information content (AvgIpc) is 3.26. The van der Waals surface area contributed by atoms with Crippen molar-refractivity contribution in [1.82, 2.24) is 4.90 Å². The van der Waals surface area contributed by atoms with Crippen molar-refractivity contribution in [3.05, 3.63) is 52.6 Å². The van der Waals surface area contributed by atoms with Crippen LogP contribution in [0.1, 0.15) is 31.8 Å². The normalized spacial score (nSPS) is 16.6. The zero-order valence-corrected chi connectivity index (χ0v) is 15.4. The van der Waals surface area contributed by atoms with Crippen LogP contribution in [0.15, 0.2) is 30.3 Å². The first-order chi connectivity index (χ1) is 13.6. The summed E-state index contributed by atoms with van der Waals surface area (Å²) >= 11 is 0. The molecule has 2 aromatic carbocycles. The largest absolute Gasteiger partial charge is 0.493 e. The number of carbonyl (C=O) groups is 2. The molecular formula is C21H17NO6. The van der Waals surface area contributed by atoms with Crippen LogP contribution in [0.5, 0.6) is 23.0 Å². The van der Waals surface area contributed by atoms with Crippen LogP contribution in [0.25, 0.3) is 5.70 Å². The van der Waals surface area contributed by atoms with Crippen LogP contribution in [0.2, 0.25) is 0 Å². The molecule has 7 heteroatoms. The van der Waals surface area contributed by atoms with Crippen LogP contribution in [0.4, 0.5) is 0 Å². The predicted molar refractivity (Wildman–Crippen MR) is 99.2 cm³/mol. The number of allylic oxidation sites excluding steroid dienone is 1. The van der Waals surface area contributed by atoms with Crippen LogP contribution in [-0.2, 0) is 6.42 Å². The van der Waals surface area contributed by atoms with Gasteiger partial charge in [-0.25, -0.2) is 0 Å². The van der Waals surface area contributed by atoms with Crippen molar-refractivity contribution in [1.29, 1.82) is 0 Å². The summed E-state index contributed by atoms with van der Waals surface area (Å²) in [6.07, 6.45) is 2.03. The van der Waals surface area contributed by atoms with Gasteiger partial charge in [0.15, 0.2) is 28.8 Å². The summed E-state index contributed by atoms with van der Waals surface area (Å²) in [5.74, 6) is 1.67. The van der Waals surface area contributed by atoms with Crippen LogP contribution in [0.3, 0.4) is 0 Å². The van der Waals surface area contributed by atoms with Crippen molar-refractivity contribution in [3.63, 3.8) is 0 Å². The number of benzene rings is 2. The molecule has 0 aromatic heterocycles. The Morgan fingerprint density at radius 1 is 1.00 bits per heavy atom. The third-order valence-electron chi connectivity index (χ3n) is 5.31. The Kier molecular flexibility index (Phi) is 3.58. The molecule has 7 nitrogen and oxygen atoms in total. The summed E-state index contributed by atoms with van der Waals surface area (Å²) < 4.78 is 21.6. The molecule has 0 aliphatic carbocycles. The fraction of sp³-hybridized carbons (Fsp3) is 0.238. The van der Waals surface area contributed by atoms with Gasteiger partial charge in [0.2, 0.25) is 6.79 Å². The van der Waals surface area contributed by atoms with Gasteiger partial charge < -0.3 is 23.8 Å². The van der Waals surface area contributed by atoms with Crippen LogP contribution in [-0.4, -0.2) is 44.1 Å². The van der Waals surface area contributed by atoms with Gasteiger partial charge in [-0.2, -0.15) is 0 Å². The van der Waals surface area contributed by atoms with Crippen molar-refractivity contribution < 1.29 is 28.5 Å². The fourth-order valence-corrected chi connectivity index (χ4v) is 3.97. The van der Waals surface area contributed by atoms with Crippen molar-refractivity contribution in [3.8, 4) is 23.0 Å². The van der Waals surface area contributed by atoms with Crippen LogP contribution < -0.4 is 18.9 Å². The monoisotopic (exact) mass is 379 g/mol. The van der Waals surface area contributed by atoms with E-state index in [4.69, 9.17) is 18.9 Å². The third kappa shape index (κ3) is 2.22. The molecule has 2 aromatic rings. The maximum absolute atomic E-state index is 13.1. The van der Waals surface area contributed by atoms with E-state index in [0.29, 0.717) is 58.4 Å². The molecule has 3 aliphatic rings. The van der Waals surface area contributed by atoms with Gasteiger partial charge in [-0.3, -0.25) is 9.59 Å². The molecule has 0 saturated carbocycles. The number of carbonyl (C=O) groups excluding carboxylic acids is 2. The van der Waals surface area contributed by atoms with Gasteiger partial charge in [0.05, 0.1) is 25.5 Å². The SMILES string of the molecule is COc1ccc2c(c1OC)C(=O)N1CCc3cc4c(cc3C(=O)C=C21)OCO4. The van der Waals surface area contributed by atoms with Gasteiger partial charge in [0.1, 0.15) is 0 Å². The van der Waals surface area contributed by atoms with Crippen molar-refractivity contribution in [2.24, 2.45) is 0 Å². The Hall–Kier alpha value is -3.48. The number of ether oxygens (including phenoxy) is 4. The summed E-state index contributed by atoms with van der Waals surface area (Å²) in [5, 5.41) is 0. The highest BCUT2D eigenvalue weighted by atomic mass is 16.7. The fourth-order valence-electron chi connectivity index (χ4n) is 3.97. The molecule has 0 atom stereocenters. The number of nitrogens with zero attached hydrogens (tertiary/aromatic N) is 1. The number of hydrogen-bond acceptors (Lipinski definition) is 6. The molecule has 3 heterocycles. The van der Waals surface area contributed by atoms with Crippen LogP contribution >= 0.6 is 0 Å². The average molecular weight is 379 g/mol. The molecule has 0 radical (unpaired) electrons. The first-order valence-electron chi connectivity index (χ1n) is 8.88. The lowest BCUT2D eigenvalue weighted by Gasteiger charge is -2.21. The Morgan fingerprint density at radius 2 is 1.79 bits per heavy atom. The summed E-state index contributed by atoms with van der Waals surface area (Å²) in [4.78, 5) is 27.8. The summed E-state index contributed by atoms with van der Waals surface area (Å²) in [5.41, 5.74) is 3.06. The quantitative estimate of drug-likeness (QED) is 0.799. The topological polar surface area (TPSA) is 74.3 Å². The highest BCUT2D eigenvalue weighted by molar-refractivity contribution is 6.17. The standard InChI is InChI=1S/C21H17NO6/c1-25-16-4-3-12-14-9-15(23)13-8-18-17(27-10-28-18)7-11(13)5-6-22(14)21(24)19(12)20(16)26-2/h3-4,7-9H,5-6,10H2,1-2H3. The number of rotatable bonds is 2. The Morgan fingerprint density at radius 3 is 2.54 bits per heavy atom. The molecule has 28 heavy (non-hydrogen) atoms. The summed E-state index contributed by atoms with van der Waals surface area (Å²) in [6, 6.07) is 7.07. The van der Waals surface area contributed by atoms with Gasteiger partial charge in [-0.05, 0) is 36.2 Å². The van der Waals surface area contributed by atoms with Crippen LogP contribution in [0, 0.1) is 0 Å². The molecule has 0 spiro atoms. The van der Waals surface area contributed by atoms with E-state index in [1.807, 2.05) is 6.07 Å². The van der Waals surface area contributed by atoms with E-state index >= 15 is 0 Å². The summed E-state index contributed by atoms with van der Waals surface area (Å²) in [6.45, 7) is 0.581. The van der Waals surface area contributed by atoms with Gasteiger partial charge in [0.25, 0.3) is 5.91 Å². The molecule has 0 saturated heterocycles. The highest BCUT2D eigenvalue weighted by Crippen LogP contribution is 2.44. The summed E-state index contributed by atoms with van der Waals surface area (Å²) in [7, 11) is 3.02. The molecule has 0 N–H and O–H groups in total. The van der Waals surface area contributed by atoms with E-state index in [2.05, 4.69) is 0 Å². The molecule has 0 bridgehead atoms. The van der Waals surface area contributed by atoms with E-state index in [-0.39, 0.29) is 18.5 Å². The molecule has 3 aliphatic heterocycles. The zero-order valence-electron chi connectivity index (χ0n) is 15.4. The van der Waals surface area contributed by atoms with Gasteiger partial charge >= 0.3 is 0 Å². The lowest BCUT2D eigenvalue weighted by atomic mass is 9.96. The van der Waals surface area contributed by atoms with Crippen molar-refractivity contribution >= 4 is 17.4 Å². The number of hydrogen-bond donors (Lipinski definition) is 0. The second-order valence-corrected chi connectivity index (χ2v) is 6.69. The second-order valence-electron chi connectivity index (χ2n) is 6.69. The Labute approximate surface area is 161 Å². The lowest BCUT2D eigenvalue weighted by molar-refractivity contribution is 0.0847. The first kappa shape index (κ1) is 16.7. The molecular weight excluding hydrogens is 362 g/mol. The number of methoxy groups -OCH3 is 2. The molecule has 1 amide bonds. The van der Waals surface area contributed by atoms with Gasteiger partial charge in [-0.1, -0.05) is 0 Å².